The van der Waals surface area contributed by atoms with Gasteiger partial charge in [0.2, 0.25) is 0 Å². The monoisotopic (exact) mass is 600 g/mol. The van der Waals surface area contributed by atoms with Crippen LogP contribution in [0.5, 0.6) is 0 Å². The smallest absolute Gasteiger partial charge is 0.135 e. The van der Waals surface area contributed by atoms with Gasteiger partial charge in [0.25, 0.3) is 0 Å². The van der Waals surface area contributed by atoms with Gasteiger partial charge in [0, 0.05) is 43.9 Å². The maximum absolute atomic E-state index is 6.15. The van der Waals surface area contributed by atoms with Crippen LogP contribution in [0.25, 0.3) is 88.4 Å². The molecule has 0 saturated carbocycles. The van der Waals surface area contributed by atoms with Crippen molar-refractivity contribution >= 4 is 54.6 Å². The fraction of sp³-hybridized carbons (Fsp3) is 0. The highest BCUT2D eigenvalue weighted by Gasteiger charge is 2.16. The Bertz CT molecular complexity index is 2740. The summed E-state index contributed by atoms with van der Waals surface area (Å²) in [4.78, 5) is 0. The van der Waals surface area contributed by atoms with Gasteiger partial charge in [-0.05, 0) is 96.1 Å². The molecule has 0 aliphatic carbocycles. The van der Waals surface area contributed by atoms with E-state index < -0.39 is 0 Å². The van der Waals surface area contributed by atoms with Crippen LogP contribution in [-0.4, -0.2) is 9.13 Å². The highest BCUT2D eigenvalue weighted by atomic mass is 16.3. The van der Waals surface area contributed by atoms with E-state index in [1.807, 2.05) is 18.2 Å². The van der Waals surface area contributed by atoms with Crippen molar-refractivity contribution in [3.05, 3.63) is 170 Å². The highest BCUT2D eigenvalue weighted by molar-refractivity contribution is 6.12. The molecule has 0 N–H and O–H groups in total. The number of benzene rings is 7. The Morgan fingerprint density at radius 3 is 1.45 bits per heavy atom. The van der Waals surface area contributed by atoms with E-state index in [9.17, 15) is 0 Å². The van der Waals surface area contributed by atoms with Crippen molar-refractivity contribution < 1.29 is 4.42 Å². The molecule has 10 rings (SSSR count). The Morgan fingerprint density at radius 2 is 0.830 bits per heavy atom. The first-order valence-corrected chi connectivity index (χ1v) is 16.0. The Labute approximate surface area is 271 Å². The van der Waals surface area contributed by atoms with E-state index in [1.165, 1.54) is 60.4 Å². The lowest BCUT2D eigenvalue weighted by Gasteiger charge is -2.10. The summed E-state index contributed by atoms with van der Waals surface area (Å²) in [6, 6.07) is 60.8. The lowest BCUT2D eigenvalue weighted by molar-refractivity contribution is 0.631. The van der Waals surface area contributed by atoms with E-state index >= 15 is 0 Å². The van der Waals surface area contributed by atoms with Crippen LogP contribution in [0.2, 0.25) is 0 Å². The lowest BCUT2D eigenvalue weighted by atomic mass is 10.0. The molecule has 10 aromatic rings. The topological polar surface area (TPSA) is 23.0 Å². The van der Waals surface area contributed by atoms with E-state index in [2.05, 4.69) is 161 Å². The molecule has 0 fully saturated rings. The van der Waals surface area contributed by atoms with Gasteiger partial charge >= 0.3 is 0 Å². The Balaban J connectivity index is 1.10. The molecule has 3 aromatic heterocycles. The van der Waals surface area contributed by atoms with Gasteiger partial charge in [-0.1, -0.05) is 84.9 Å². The molecule has 0 atom stereocenters. The summed E-state index contributed by atoms with van der Waals surface area (Å²) in [6.07, 6.45) is 0. The van der Waals surface area contributed by atoms with E-state index in [0.717, 1.165) is 28.0 Å². The number of hydrogen-bond acceptors (Lipinski definition) is 1. The zero-order valence-electron chi connectivity index (χ0n) is 25.5. The summed E-state index contributed by atoms with van der Waals surface area (Å²) in [5, 5.41) is 6.12. The van der Waals surface area contributed by atoms with Crippen molar-refractivity contribution in [3.8, 4) is 33.8 Å². The number of para-hydroxylation sites is 4. The van der Waals surface area contributed by atoms with Crippen LogP contribution in [-0.2, 0) is 0 Å². The third-order valence-electron chi connectivity index (χ3n) is 9.53. The van der Waals surface area contributed by atoms with Crippen molar-refractivity contribution in [3.63, 3.8) is 0 Å². The summed E-state index contributed by atoms with van der Waals surface area (Å²) >= 11 is 0. The molecule has 0 saturated heterocycles. The minimum absolute atomic E-state index is 0.883. The molecule has 47 heavy (non-hydrogen) atoms. The minimum Gasteiger partial charge on any atom is -0.456 e. The number of aromatic nitrogens is 2. The maximum atomic E-state index is 6.15. The van der Waals surface area contributed by atoms with Crippen LogP contribution in [0.4, 0.5) is 0 Å². The molecule has 0 radical (unpaired) electrons. The second kappa shape index (κ2) is 10.1. The molecule has 220 valence electrons. The molecule has 0 spiro atoms. The fourth-order valence-electron chi connectivity index (χ4n) is 7.34. The first-order valence-electron chi connectivity index (χ1n) is 16.0. The summed E-state index contributed by atoms with van der Waals surface area (Å²) < 4.78 is 10.9. The van der Waals surface area contributed by atoms with Gasteiger partial charge in [0.1, 0.15) is 11.3 Å². The van der Waals surface area contributed by atoms with Crippen molar-refractivity contribution in [1.29, 1.82) is 0 Å². The number of furan rings is 1. The molecule has 0 aliphatic heterocycles. The van der Waals surface area contributed by atoms with Crippen LogP contribution < -0.4 is 0 Å². The van der Waals surface area contributed by atoms with E-state index in [1.54, 1.807) is 0 Å². The summed E-state index contributed by atoms with van der Waals surface area (Å²) in [7, 11) is 0. The minimum atomic E-state index is 0.883. The van der Waals surface area contributed by atoms with Crippen LogP contribution >= 0.6 is 0 Å². The van der Waals surface area contributed by atoms with E-state index in [4.69, 9.17) is 4.42 Å². The third kappa shape index (κ3) is 4.00. The molecule has 7 aromatic carbocycles. The van der Waals surface area contributed by atoms with Crippen molar-refractivity contribution in [2.24, 2.45) is 0 Å². The van der Waals surface area contributed by atoms with Crippen molar-refractivity contribution in [2.75, 3.05) is 0 Å². The maximum Gasteiger partial charge on any atom is 0.135 e. The lowest BCUT2D eigenvalue weighted by Crippen LogP contribution is -1.93. The van der Waals surface area contributed by atoms with Crippen LogP contribution in [0.3, 0.4) is 0 Å². The standard InChI is InChI=1S/C44H28N2O/c1-2-11-33(12-3-1)45-39-15-7-5-13-35(39)37-26-30(20-24-41(37)45)31-21-25-42-38(27-31)36-14-6-8-16-40(36)46(42)34-22-18-29(19-23-34)44-28-32-10-4-9-17-43(32)47-44/h1-28H. The molecule has 0 aliphatic rings. The van der Waals surface area contributed by atoms with Crippen LogP contribution in [0, 0.1) is 0 Å². The molecule has 0 amide bonds. The van der Waals surface area contributed by atoms with Gasteiger partial charge in [-0.2, -0.15) is 0 Å². The predicted molar refractivity (Wildman–Crippen MR) is 196 cm³/mol. The number of rotatable bonds is 4. The third-order valence-corrected chi connectivity index (χ3v) is 9.53. The van der Waals surface area contributed by atoms with Gasteiger partial charge in [-0.3, -0.25) is 0 Å². The van der Waals surface area contributed by atoms with Gasteiger partial charge in [-0.15, -0.1) is 0 Å². The highest BCUT2D eigenvalue weighted by Crippen LogP contribution is 2.38. The predicted octanol–water partition coefficient (Wildman–Crippen LogP) is 12.0. The molecule has 3 nitrogen and oxygen atoms in total. The fourth-order valence-corrected chi connectivity index (χ4v) is 7.34. The molecule has 3 heteroatoms. The van der Waals surface area contributed by atoms with Crippen LogP contribution in [0.1, 0.15) is 0 Å². The second-order valence-corrected chi connectivity index (χ2v) is 12.2. The SMILES string of the molecule is c1ccc(-n2c3ccccc3c3cc(-c4ccc5c(c4)c4ccccc4n5-c4ccc(-c5cc6ccccc6o5)cc4)ccc32)cc1. The number of nitrogens with zero attached hydrogens (tertiary/aromatic N) is 2. The van der Waals surface area contributed by atoms with Gasteiger partial charge in [0.05, 0.1) is 22.1 Å². The summed E-state index contributed by atoms with van der Waals surface area (Å²) in [6.45, 7) is 0. The largest absolute Gasteiger partial charge is 0.456 e. The van der Waals surface area contributed by atoms with Gasteiger partial charge in [-0.25, -0.2) is 0 Å². The average Bonchev–Trinajstić information content (AvgIpc) is 3.82. The van der Waals surface area contributed by atoms with E-state index in [0.29, 0.717) is 0 Å². The molecule has 0 bridgehead atoms. The molecule has 3 heterocycles. The first-order chi connectivity index (χ1) is 23.3. The molecular weight excluding hydrogens is 572 g/mol. The summed E-state index contributed by atoms with van der Waals surface area (Å²) in [5.74, 6) is 0.883. The zero-order chi connectivity index (χ0) is 30.9. The van der Waals surface area contributed by atoms with Gasteiger partial charge in [0.15, 0.2) is 0 Å². The average molecular weight is 601 g/mol. The van der Waals surface area contributed by atoms with Gasteiger partial charge < -0.3 is 13.6 Å². The first kappa shape index (κ1) is 26.0. The molecular formula is C44H28N2O. The van der Waals surface area contributed by atoms with Crippen molar-refractivity contribution in [2.45, 2.75) is 0 Å². The van der Waals surface area contributed by atoms with E-state index in [-0.39, 0.29) is 0 Å². The Kier molecular flexibility index (Phi) is 5.57. The Morgan fingerprint density at radius 1 is 0.340 bits per heavy atom. The zero-order valence-corrected chi connectivity index (χ0v) is 25.5. The summed E-state index contributed by atoms with van der Waals surface area (Å²) in [5.41, 5.74) is 11.5. The number of hydrogen-bond donors (Lipinski definition) is 0. The quantitative estimate of drug-likeness (QED) is 0.197. The molecule has 0 unspecified atom stereocenters. The number of fused-ring (bicyclic) bond motifs is 7. The van der Waals surface area contributed by atoms with Crippen LogP contribution in [0.15, 0.2) is 174 Å². The second-order valence-electron chi connectivity index (χ2n) is 12.2. The van der Waals surface area contributed by atoms with Crippen molar-refractivity contribution in [1.82, 2.24) is 9.13 Å². The normalized spacial score (nSPS) is 11.8. The Hall–Kier alpha value is -6.32.